The molecule has 1 N–H and O–H groups in total. The van der Waals surface area contributed by atoms with Gasteiger partial charge in [0.15, 0.2) is 0 Å². The Hall–Kier alpha value is -1.74. The van der Waals surface area contributed by atoms with Crippen LogP contribution in [0.25, 0.3) is 11.3 Å². The number of benzene rings is 1. The summed E-state index contributed by atoms with van der Waals surface area (Å²) in [5.74, 6) is 2.41. The summed E-state index contributed by atoms with van der Waals surface area (Å²) in [6, 6.07) is 9.49. The number of furan rings is 1. The second-order valence-corrected chi connectivity index (χ2v) is 3.87. The number of hydrogen-bond donors (Lipinski definition) is 1. The highest BCUT2D eigenvalue weighted by Gasteiger charge is 2.06. The van der Waals surface area contributed by atoms with Crippen molar-refractivity contribution in [1.82, 2.24) is 0 Å². The van der Waals surface area contributed by atoms with Gasteiger partial charge in [-0.15, -0.1) is 0 Å². The van der Waals surface area contributed by atoms with Crippen molar-refractivity contribution < 1.29 is 14.3 Å². The summed E-state index contributed by atoms with van der Waals surface area (Å²) in [6.45, 7) is 4.43. The predicted octanol–water partition coefficient (Wildman–Crippen LogP) is 3.15. The van der Waals surface area contributed by atoms with E-state index in [0.29, 0.717) is 6.61 Å². The molecule has 0 amide bonds. The predicted molar refractivity (Wildman–Crippen MR) is 66.0 cm³/mol. The van der Waals surface area contributed by atoms with Gasteiger partial charge in [0, 0.05) is 5.56 Å². The van der Waals surface area contributed by atoms with Crippen molar-refractivity contribution in [3.8, 4) is 17.1 Å². The monoisotopic (exact) mass is 232 g/mol. The number of aryl methyl sites for hydroxylation is 1. The maximum atomic E-state index is 9.22. The molecule has 0 spiro atoms. The van der Waals surface area contributed by atoms with Crippen molar-refractivity contribution in [3.05, 3.63) is 41.7 Å². The van der Waals surface area contributed by atoms with Gasteiger partial charge in [-0.1, -0.05) is 0 Å². The van der Waals surface area contributed by atoms with E-state index in [-0.39, 0.29) is 6.61 Å². The summed E-state index contributed by atoms with van der Waals surface area (Å²) >= 11 is 0. The lowest BCUT2D eigenvalue weighted by atomic mass is 10.1. The lowest BCUT2D eigenvalue weighted by Gasteiger charge is -2.07. The van der Waals surface area contributed by atoms with E-state index in [0.717, 1.165) is 28.4 Å². The zero-order valence-electron chi connectivity index (χ0n) is 10.1. The Morgan fingerprint density at radius 2 is 2.06 bits per heavy atom. The molecule has 0 radical (unpaired) electrons. The van der Waals surface area contributed by atoms with Crippen LogP contribution in [0.4, 0.5) is 0 Å². The molecule has 0 saturated carbocycles. The first-order valence-electron chi connectivity index (χ1n) is 5.67. The molecule has 2 rings (SSSR count). The van der Waals surface area contributed by atoms with E-state index in [1.807, 2.05) is 44.2 Å². The van der Waals surface area contributed by atoms with Crippen molar-refractivity contribution in [2.75, 3.05) is 6.61 Å². The van der Waals surface area contributed by atoms with Gasteiger partial charge in [-0.3, -0.25) is 0 Å². The van der Waals surface area contributed by atoms with E-state index in [1.54, 1.807) is 0 Å². The van der Waals surface area contributed by atoms with Crippen LogP contribution in [-0.4, -0.2) is 11.7 Å². The normalized spacial score (nSPS) is 10.5. The second-order valence-electron chi connectivity index (χ2n) is 3.87. The van der Waals surface area contributed by atoms with Crippen LogP contribution in [0.3, 0.4) is 0 Å². The number of hydrogen-bond acceptors (Lipinski definition) is 3. The molecule has 3 nitrogen and oxygen atoms in total. The first-order valence-corrected chi connectivity index (χ1v) is 5.67. The standard InChI is InChI=1S/C14H16O3/c1-3-16-13-7-11(9-15)6-12(8-13)14-5-4-10(2)17-14/h4-8,15H,3,9H2,1-2H3. The number of aliphatic hydroxyl groups is 1. The Bertz CT molecular complexity index is 500. The summed E-state index contributed by atoms with van der Waals surface area (Å²) in [5, 5.41) is 9.22. The lowest BCUT2D eigenvalue weighted by molar-refractivity contribution is 0.280. The minimum absolute atomic E-state index is 0.00634. The molecular formula is C14H16O3. The quantitative estimate of drug-likeness (QED) is 0.880. The molecule has 17 heavy (non-hydrogen) atoms. The lowest BCUT2D eigenvalue weighted by Crippen LogP contribution is -1.94. The minimum atomic E-state index is -0.00634. The van der Waals surface area contributed by atoms with Crippen LogP contribution in [0.15, 0.2) is 34.7 Å². The highest BCUT2D eigenvalue weighted by atomic mass is 16.5. The molecule has 0 fully saturated rings. The molecule has 1 heterocycles. The largest absolute Gasteiger partial charge is 0.494 e. The molecule has 1 aromatic heterocycles. The smallest absolute Gasteiger partial charge is 0.134 e. The van der Waals surface area contributed by atoms with Crippen molar-refractivity contribution in [1.29, 1.82) is 0 Å². The molecule has 3 heteroatoms. The maximum Gasteiger partial charge on any atom is 0.134 e. The van der Waals surface area contributed by atoms with Crippen LogP contribution >= 0.6 is 0 Å². The van der Waals surface area contributed by atoms with Crippen molar-refractivity contribution >= 4 is 0 Å². The third-order valence-corrected chi connectivity index (χ3v) is 2.48. The Morgan fingerprint density at radius 1 is 1.24 bits per heavy atom. The highest BCUT2D eigenvalue weighted by molar-refractivity contribution is 5.61. The molecule has 90 valence electrons. The van der Waals surface area contributed by atoms with Crippen LogP contribution in [-0.2, 0) is 6.61 Å². The average molecular weight is 232 g/mol. The molecule has 1 aromatic carbocycles. The summed E-state index contributed by atoms with van der Waals surface area (Å²) in [4.78, 5) is 0. The average Bonchev–Trinajstić information content (AvgIpc) is 2.76. The zero-order valence-corrected chi connectivity index (χ0v) is 10.1. The molecule has 0 atom stereocenters. The fraction of sp³-hybridized carbons (Fsp3) is 0.286. The third kappa shape index (κ3) is 2.68. The van der Waals surface area contributed by atoms with Gasteiger partial charge in [0.1, 0.15) is 17.3 Å². The van der Waals surface area contributed by atoms with Gasteiger partial charge in [0.25, 0.3) is 0 Å². The first-order chi connectivity index (χ1) is 8.22. The molecule has 0 aliphatic heterocycles. The molecule has 0 aliphatic carbocycles. The van der Waals surface area contributed by atoms with Crippen molar-refractivity contribution in [2.24, 2.45) is 0 Å². The third-order valence-electron chi connectivity index (χ3n) is 2.48. The van der Waals surface area contributed by atoms with Gasteiger partial charge in [-0.2, -0.15) is 0 Å². The first kappa shape index (κ1) is 11.7. The van der Waals surface area contributed by atoms with Crippen LogP contribution in [0.1, 0.15) is 18.2 Å². The summed E-state index contributed by atoms with van der Waals surface area (Å²) in [6.07, 6.45) is 0. The van der Waals surface area contributed by atoms with Crippen molar-refractivity contribution in [3.63, 3.8) is 0 Å². The molecule has 0 bridgehead atoms. The second kappa shape index (κ2) is 5.06. The van der Waals surface area contributed by atoms with E-state index in [2.05, 4.69) is 0 Å². The van der Waals surface area contributed by atoms with Crippen LogP contribution < -0.4 is 4.74 Å². The van der Waals surface area contributed by atoms with E-state index in [9.17, 15) is 5.11 Å². The zero-order chi connectivity index (χ0) is 12.3. The van der Waals surface area contributed by atoms with Gasteiger partial charge in [0.2, 0.25) is 0 Å². The van der Waals surface area contributed by atoms with Gasteiger partial charge < -0.3 is 14.3 Å². The van der Waals surface area contributed by atoms with E-state index >= 15 is 0 Å². The fourth-order valence-electron chi connectivity index (χ4n) is 1.73. The van der Waals surface area contributed by atoms with Gasteiger partial charge in [-0.25, -0.2) is 0 Å². The molecule has 0 saturated heterocycles. The van der Waals surface area contributed by atoms with Crippen LogP contribution in [0.2, 0.25) is 0 Å². The summed E-state index contributed by atoms with van der Waals surface area (Å²) in [5.41, 5.74) is 1.74. The van der Waals surface area contributed by atoms with Crippen LogP contribution in [0.5, 0.6) is 5.75 Å². The molecule has 0 aliphatic rings. The van der Waals surface area contributed by atoms with Gasteiger partial charge >= 0.3 is 0 Å². The maximum absolute atomic E-state index is 9.22. The number of ether oxygens (including phenoxy) is 1. The molecular weight excluding hydrogens is 216 g/mol. The van der Waals surface area contributed by atoms with Gasteiger partial charge in [-0.05, 0) is 49.7 Å². The Morgan fingerprint density at radius 3 is 2.65 bits per heavy atom. The number of aliphatic hydroxyl groups excluding tert-OH is 1. The highest BCUT2D eigenvalue weighted by Crippen LogP contribution is 2.27. The Labute approximate surface area is 101 Å². The topological polar surface area (TPSA) is 42.6 Å². The van der Waals surface area contributed by atoms with Crippen LogP contribution in [0, 0.1) is 6.92 Å². The van der Waals surface area contributed by atoms with E-state index in [4.69, 9.17) is 9.15 Å². The van der Waals surface area contributed by atoms with E-state index in [1.165, 1.54) is 0 Å². The summed E-state index contributed by atoms with van der Waals surface area (Å²) in [7, 11) is 0. The molecule has 0 unspecified atom stereocenters. The SMILES string of the molecule is CCOc1cc(CO)cc(-c2ccc(C)o2)c1. The fourth-order valence-corrected chi connectivity index (χ4v) is 1.73. The van der Waals surface area contributed by atoms with Gasteiger partial charge in [0.05, 0.1) is 13.2 Å². The molecule has 2 aromatic rings. The van der Waals surface area contributed by atoms with Crippen molar-refractivity contribution in [2.45, 2.75) is 20.5 Å². The minimum Gasteiger partial charge on any atom is -0.494 e. The Balaban J connectivity index is 2.42. The Kier molecular flexibility index (Phi) is 3.49. The number of rotatable bonds is 4. The summed E-state index contributed by atoms with van der Waals surface area (Å²) < 4.78 is 11.0. The van der Waals surface area contributed by atoms with E-state index < -0.39 is 0 Å².